The highest BCUT2D eigenvalue weighted by atomic mass is 16.5. The molecule has 1 aromatic heterocycles. The Morgan fingerprint density at radius 1 is 1.19 bits per heavy atom. The summed E-state index contributed by atoms with van der Waals surface area (Å²) in [7, 11) is 0. The van der Waals surface area contributed by atoms with Crippen LogP contribution in [-0.4, -0.2) is 51.7 Å². The standard InChI is InChI=1S/C18H20N4O4/c19-17(24)15-4-1-2-10-21(15)16(23)12-26-18(25)13-5-7-14(8-6-13)22-11-3-9-20-22/h3,5-9,11,15H,1-2,4,10,12H2,(H2,19,24)/t15-/m1/s1. The number of amides is 2. The molecule has 1 atom stereocenters. The van der Waals surface area contributed by atoms with Crippen molar-refractivity contribution in [2.45, 2.75) is 25.3 Å². The van der Waals surface area contributed by atoms with E-state index in [-0.39, 0.29) is 0 Å². The molecule has 1 aliphatic heterocycles. The van der Waals surface area contributed by atoms with Crippen molar-refractivity contribution < 1.29 is 19.1 Å². The van der Waals surface area contributed by atoms with E-state index in [2.05, 4.69) is 5.10 Å². The minimum Gasteiger partial charge on any atom is -0.452 e. The number of hydrogen-bond donors (Lipinski definition) is 1. The van der Waals surface area contributed by atoms with Gasteiger partial charge in [-0.3, -0.25) is 9.59 Å². The van der Waals surface area contributed by atoms with E-state index >= 15 is 0 Å². The first kappa shape index (κ1) is 17.7. The van der Waals surface area contributed by atoms with Crippen molar-refractivity contribution in [3.05, 3.63) is 48.3 Å². The number of aromatic nitrogens is 2. The number of nitrogens with two attached hydrogens (primary N) is 1. The van der Waals surface area contributed by atoms with Gasteiger partial charge in [-0.2, -0.15) is 5.10 Å². The second-order valence-electron chi connectivity index (χ2n) is 6.07. The van der Waals surface area contributed by atoms with Crippen LogP contribution in [0.4, 0.5) is 0 Å². The van der Waals surface area contributed by atoms with Crippen LogP contribution in [0.1, 0.15) is 29.6 Å². The fourth-order valence-corrected chi connectivity index (χ4v) is 2.99. The molecule has 1 aliphatic rings. The highest BCUT2D eigenvalue weighted by Crippen LogP contribution is 2.17. The van der Waals surface area contributed by atoms with Gasteiger partial charge in [0.25, 0.3) is 5.91 Å². The minimum atomic E-state index is -0.622. The molecule has 1 fully saturated rings. The van der Waals surface area contributed by atoms with Gasteiger partial charge in [0.1, 0.15) is 6.04 Å². The van der Waals surface area contributed by atoms with Gasteiger partial charge < -0.3 is 15.4 Å². The van der Waals surface area contributed by atoms with Crippen LogP contribution in [0.25, 0.3) is 5.69 Å². The smallest absolute Gasteiger partial charge is 0.338 e. The van der Waals surface area contributed by atoms with Crippen LogP contribution in [-0.2, 0) is 14.3 Å². The van der Waals surface area contributed by atoms with E-state index in [0.29, 0.717) is 18.5 Å². The van der Waals surface area contributed by atoms with Gasteiger partial charge in [0.15, 0.2) is 6.61 Å². The summed E-state index contributed by atoms with van der Waals surface area (Å²) in [5, 5.41) is 4.11. The summed E-state index contributed by atoms with van der Waals surface area (Å²) >= 11 is 0. The minimum absolute atomic E-state index is 0.332. The van der Waals surface area contributed by atoms with Crippen molar-refractivity contribution in [3.63, 3.8) is 0 Å². The molecular weight excluding hydrogens is 336 g/mol. The quantitative estimate of drug-likeness (QED) is 0.801. The predicted octanol–water partition coefficient (Wildman–Crippen LogP) is 0.895. The molecule has 2 aromatic rings. The summed E-state index contributed by atoms with van der Waals surface area (Å²) in [4.78, 5) is 37.3. The Morgan fingerprint density at radius 2 is 1.96 bits per heavy atom. The van der Waals surface area contributed by atoms with Gasteiger partial charge in [-0.15, -0.1) is 0 Å². The molecule has 136 valence electrons. The van der Waals surface area contributed by atoms with Crippen molar-refractivity contribution in [3.8, 4) is 5.69 Å². The monoisotopic (exact) mass is 356 g/mol. The zero-order chi connectivity index (χ0) is 18.5. The van der Waals surface area contributed by atoms with Crippen LogP contribution in [0.5, 0.6) is 0 Å². The predicted molar refractivity (Wildman–Crippen MR) is 92.4 cm³/mol. The van der Waals surface area contributed by atoms with Crippen molar-refractivity contribution in [1.82, 2.24) is 14.7 Å². The first-order valence-corrected chi connectivity index (χ1v) is 8.42. The van der Waals surface area contributed by atoms with Crippen LogP contribution in [0, 0.1) is 0 Å². The second-order valence-corrected chi connectivity index (χ2v) is 6.07. The van der Waals surface area contributed by atoms with Crippen LogP contribution < -0.4 is 5.73 Å². The Hall–Kier alpha value is -3.16. The summed E-state index contributed by atoms with van der Waals surface area (Å²) in [6.07, 6.45) is 5.65. The molecule has 0 bridgehead atoms. The van der Waals surface area contributed by atoms with E-state index in [1.165, 1.54) is 4.90 Å². The lowest BCUT2D eigenvalue weighted by Crippen LogP contribution is -2.51. The first-order chi connectivity index (χ1) is 12.6. The number of ether oxygens (including phenoxy) is 1. The highest BCUT2D eigenvalue weighted by Gasteiger charge is 2.31. The highest BCUT2D eigenvalue weighted by molar-refractivity contribution is 5.92. The fraction of sp³-hybridized carbons (Fsp3) is 0.333. The molecule has 0 radical (unpaired) electrons. The molecule has 0 aliphatic carbocycles. The molecule has 3 rings (SSSR count). The molecule has 26 heavy (non-hydrogen) atoms. The van der Waals surface area contributed by atoms with E-state index in [1.807, 2.05) is 0 Å². The van der Waals surface area contributed by atoms with Crippen LogP contribution in [0.2, 0.25) is 0 Å². The van der Waals surface area contributed by atoms with E-state index < -0.39 is 30.4 Å². The van der Waals surface area contributed by atoms with Gasteiger partial charge in [-0.25, -0.2) is 9.48 Å². The number of piperidine rings is 1. The molecule has 8 nitrogen and oxygen atoms in total. The number of nitrogens with zero attached hydrogens (tertiary/aromatic N) is 3. The van der Waals surface area contributed by atoms with Gasteiger partial charge in [0, 0.05) is 18.9 Å². The number of carbonyl (C=O) groups excluding carboxylic acids is 3. The number of benzene rings is 1. The Bertz CT molecular complexity index is 786. The zero-order valence-corrected chi connectivity index (χ0v) is 14.2. The van der Waals surface area contributed by atoms with Crippen molar-refractivity contribution in [1.29, 1.82) is 0 Å². The Labute approximate surface area is 150 Å². The molecule has 2 amide bonds. The maximum Gasteiger partial charge on any atom is 0.338 e. The molecule has 1 aromatic carbocycles. The van der Waals surface area contributed by atoms with Gasteiger partial charge >= 0.3 is 5.97 Å². The van der Waals surface area contributed by atoms with Crippen molar-refractivity contribution >= 4 is 17.8 Å². The average molecular weight is 356 g/mol. The Balaban J connectivity index is 1.58. The SMILES string of the molecule is NC(=O)[C@H]1CCCCN1C(=O)COC(=O)c1ccc(-n2cccn2)cc1. The Kier molecular flexibility index (Phi) is 5.31. The van der Waals surface area contributed by atoms with Crippen molar-refractivity contribution in [2.24, 2.45) is 5.73 Å². The summed E-state index contributed by atoms with van der Waals surface area (Å²) in [6, 6.07) is 7.86. The van der Waals surface area contributed by atoms with E-state index in [1.54, 1.807) is 47.4 Å². The van der Waals surface area contributed by atoms with E-state index in [0.717, 1.165) is 18.5 Å². The number of primary amides is 1. The van der Waals surface area contributed by atoms with Crippen molar-refractivity contribution in [2.75, 3.05) is 13.2 Å². The summed E-state index contributed by atoms with van der Waals surface area (Å²) < 4.78 is 6.76. The first-order valence-electron chi connectivity index (χ1n) is 8.42. The normalized spacial score (nSPS) is 16.9. The van der Waals surface area contributed by atoms with Crippen LogP contribution in [0.3, 0.4) is 0 Å². The topological polar surface area (TPSA) is 108 Å². The lowest BCUT2D eigenvalue weighted by molar-refractivity contribution is -0.143. The lowest BCUT2D eigenvalue weighted by Gasteiger charge is -2.33. The summed E-state index contributed by atoms with van der Waals surface area (Å²) in [5.74, 6) is -1.54. The lowest BCUT2D eigenvalue weighted by atomic mass is 10.0. The van der Waals surface area contributed by atoms with Crippen LogP contribution >= 0.6 is 0 Å². The molecule has 2 heterocycles. The van der Waals surface area contributed by atoms with Gasteiger partial charge in [-0.1, -0.05) is 0 Å². The second kappa shape index (κ2) is 7.81. The van der Waals surface area contributed by atoms with E-state index in [9.17, 15) is 14.4 Å². The van der Waals surface area contributed by atoms with Gasteiger partial charge in [-0.05, 0) is 49.6 Å². The maximum atomic E-state index is 12.3. The third-order valence-electron chi connectivity index (χ3n) is 4.35. The van der Waals surface area contributed by atoms with Crippen LogP contribution in [0.15, 0.2) is 42.7 Å². The molecule has 2 N–H and O–H groups in total. The molecule has 8 heteroatoms. The van der Waals surface area contributed by atoms with E-state index in [4.69, 9.17) is 10.5 Å². The number of hydrogen-bond acceptors (Lipinski definition) is 5. The zero-order valence-electron chi connectivity index (χ0n) is 14.2. The summed E-state index contributed by atoms with van der Waals surface area (Å²) in [6.45, 7) is 0.0338. The third-order valence-corrected chi connectivity index (χ3v) is 4.35. The Morgan fingerprint density at radius 3 is 2.62 bits per heavy atom. The molecule has 0 unspecified atom stereocenters. The number of esters is 1. The molecule has 1 saturated heterocycles. The maximum absolute atomic E-state index is 12.3. The molecule has 0 saturated carbocycles. The third kappa shape index (κ3) is 3.90. The number of carbonyl (C=O) groups is 3. The fourth-order valence-electron chi connectivity index (χ4n) is 2.99. The molecular formula is C18H20N4O4. The van der Waals surface area contributed by atoms with Gasteiger partial charge in [0.05, 0.1) is 11.3 Å². The largest absolute Gasteiger partial charge is 0.452 e. The molecule has 0 spiro atoms. The average Bonchev–Trinajstić information content (AvgIpc) is 3.20. The number of rotatable bonds is 5. The number of likely N-dealkylation sites (tertiary alicyclic amines) is 1. The van der Waals surface area contributed by atoms with Gasteiger partial charge in [0.2, 0.25) is 5.91 Å². The summed E-state index contributed by atoms with van der Waals surface area (Å²) in [5.41, 5.74) is 6.49.